The highest BCUT2D eigenvalue weighted by molar-refractivity contribution is 5.97. The molecule has 0 N–H and O–H groups in total. The first-order chi connectivity index (χ1) is 5.70. The van der Waals surface area contributed by atoms with E-state index in [2.05, 4.69) is 34.6 Å². The van der Waals surface area contributed by atoms with Crippen LogP contribution in [0.5, 0.6) is 0 Å². The molecular formula is C12H20O. The van der Waals surface area contributed by atoms with E-state index in [0.717, 1.165) is 5.57 Å². The number of hydrogen-bond acceptors (Lipinski definition) is 1. The third-order valence-corrected chi connectivity index (χ3v) is 4.21. The molecule has 1 rings (SSSR count). The highest BCUT2D eigenvalue weighted by Gasteiger charge is 2.44. The van der Waals surface area contributed by atoms with Gasteiger partial charge in [-0.1, -0.05) is 33.3 Å². The minimum absolute atomic E-state index is 0.0909. The van der Waals surface area contributed by atoms with Gasteiger partial charge in [0.25, 0.3) is 0 Å². The van der Waals surface area contributed by atoms with Crippen LogP contribution in [0.1, 0.15) is 48.0 Å². The SMILES string of the molecule is CC1=C(C)C(C)(C)C(C)(C)CC1=O. The molecule has 0 radical (unpaired) electrons. The maximum Gasteiger partial charge on any atom is 0.159 e. The second-order valence-electron chi connectivity index (χ2n) is 5.36. The number of allylic oxidation sites excluding steroid dienone is 2. The van der Waals surface area contributed by atoms with Crippen molar-refractivity contribution in [2.24, 2.45) is 10.8 Å². The molecule has 0 aromatic rings. The van der Waals surface area contributed by atoms with E-state index in [0.29, 0.717) is 12.2 Å². The van der Waals surface area contributed by atoms with Crippen LogP contribution in [0.15, 0.2) is 11.1 Å². The summed E-state index contributed by atoms with van der Waals surface area (Å²) in [5, 5.41) is 0. The van der Waals surface area contributed by atoms with E-state index in [4.69, 9.17) is 0 Å². The van der Waals surface area contributed by atoms with Crippen LogP contribution in [0.3, 0.4) is 0 Å². The number of rotatable bonds is 0. The van der Waals surface area contributed by atoms with Crippen molar-refractivity contribution in [3.8, 4) is 0 Å². The lowest BCUT2D eigenvalue weighted by molar-refractivity contribution is -0.120. The monoisotopic (exact) mass is 180 g/mol. The van der Waals surface area contributed by atoms with Crippen LogP contribution >= 0.6 is 0 Å². The minimum atomic E-state index is 0.0909. The zero-order chi connectivity index (χ0) is 10.4. The predicted molar refractivity (Wildman–Crippen MR) is 55.6 cm³/mol. The summed E-state index contributed by atoms with van der Waals surface area (Å²) in [6.07, 6.45) is 0.684. The molecule has 74 valence electrons. The second-order valence-corrected chi connectivity index (χ2v) is 5.36. The maximum absolute atomic E-state index is 11.7. The number of ketones is 1. The Morgan fingerprint density at radius 3 is 2.00 bits per heavy atom. The van der Waals surface area contributed by atoms with Gasteiger partial charge >= 0.3 is 0 Å². The fourth-order valence-electron chi connectivity index (χ4n) is 1.94. The molecule has 0 atom stereocenters. The standard InChI is InChI=1S/C12H20O/c1-8-9(2)12(5,6)11(3,4)7-10(8)13/h7H2,1-6H3. The molecule has 0 amide bonds. The lowest BCUT2D eigenvalue weighted by atomic mass is 9.57. The van der Waals surface area contributed by atoms with Crippen molar-refractivity contribution >= 4 is 5.78 Å². The van der Waals surface area contributed by atoms with Crippen molar-refractivity contribution in [2.75, 3.05) is 0 Å². The zero-order valence-electron chi connectivity index (χ0n) is 9.62. The molecule has 1 aliphatic carbocycles. The molecule has 0 unspecified atom stereocenters. The smallest absolute Gasteiger partial charge is 0.159 e. The molecule has 1 aliphatic rings. The van der Waals surface area contributed by atoms with Crippen LogP contribution in [0.2, 0.25) is 0 Å². The first-order valence-electron chi connectivity index (χ1n) is 4.91. The highest BCUT2D eigenvalue weighted by Crippen LogP contribution is 2.51. The van der Waals surface area contributed by atoms with Crippen molar-refractivity contribution in [3.05, 3.63) is 11.1 Å². The van der Waals surface area contributed by atoms with Crippen LogP contribution in [0, 0.1) is 10.8 Å². The highest BCUT2D eigenvalue weighted by atomic mass is 16.1. The Morgan fingerprint density at radius 1 is 1.08 bits per heavy atom. The van der Waals surface area contributed by atoms with Gasteiger partial charge in [-0.15, -0.1) is 0 Å². The normalized spacial score (nSPS) is 26.5. The Balaban J connectivity index is 3.29. The Morgan fingerprint density at radius 2 is 1.54 bits per heavy atom. The fourth-order valence-corrected chi connectivity index (χ4v) is 1.94. The van der Waals surface area contributed by atoms with E-state index in [1.807, 2.05) is 6.92 Å². The van der Waals surface area contributed by atoms with E-state index >= 15 is 0 Å². The average Bonchev–Trinajstić information content (AvgIpc) is 1.98. The Bertz CT molecular complexity index is 279. The van der Waals surface area contributed by atoms with Gasteiger partial charge < -0.3 is 0 Å². The van der Waals surface area contributed by atoms with E-state index in [1.54, 1.807) is 0 Å². The molecule has 0 saturated carbocycles. The fraction of sp³-hybridized carbons (Fsp3) is 0.750. The van der Waals surface area contributed by atoms with Gasteiger partial charge in [0.15, 0.2) is 5.78 Å². The molecule has 1 heteroatoms. The molecule has 0 aliphatic heterocycles. The first-order valence-corrected chi connectivity index (χ1v) is 4.91. The summed E-state index contributed by atoms with van der Waals surface area (Å²) in [4.78, 5) is 11.7. The molecule has 0 heterocycles. The third-order valence-electron chi connectivity index (χ3n) is 4.21. The first kappa shape index (κ1) is 10.5. The van der Waals surface area contributed by atoms with Crippen LogP contribution < -0.4 is 0 Å². The van der Waals surface area contributed by atoms with Gasteiger partial charge in [-0.25, -0.2) is 0 Å². The second kappa shape index (κ2) is 2.70. The van der Waals surface area contributed by atoms with E-state index in [9.17, 15) is 4.79 Å². The van der Waals surface area contributed by atoms with Gasteiger partial charge in [0.2, 0.25) is 0 Å². The summed E-state index contributed by atoms with van der Waals surface area (Å²) in [6.45, 7) is 12.9. The lowest BCUT2D eigenvalue weighted by Crippen LogP contribution is -2.40. The molecular weight excluding hydrogens is 160 g/mol. The van der Waals surface area contributed by atoms with E-state index < -0.39 is 0 Å². The predicted octanol–water partition coefficient (Wildman–Crippen LogP) is 3.35. The van der Waals surface area contributed by atoms with Gasteiger partial charge in [0.05, 0.1) is 0 Å². The molecule has 0 aromatic carbocycles. The van der Waals surface area contributed by atoms with Crippen molar-refractivity contribution in [1.29, 1.82) is 0 Å². The van der Waals surface area contributed by atoms with Crippen LogP contribution in [-0.2, 0) is 4.79 Å². The number of hydrogen-bond donors (Lipinski definition) is 0. The maximum atomic E-state index is 11.7. The topological polar surface area (TPSA) is 17.1 Å². The Hall–Kier alpha value is -0.590. The van der Waals surface area contributed by atoms with Gasteiger partial charge in [-0.2, -0.15) is 0 Å². The van der Waals surface area contributed by atoms with Crippen molar-refractivity contribution in [2.45, 2.75) is 48.0 Å². The average molecular weight is 180 g/mol. The summed E-state index contributed by atoms with van der Waals surface area (Å²) >= 11 is 0. The zero-order valence-corrected chi connectivity index (χ0v) is 9.62. The molecule has 0 spiro atoms. The van der Waals surface area contributed by atoms with Crippen LogP contribution in [0.25, 0.3) is 0 Å². The molecule has 1 nitrogen and oxygen atoms in total. The number of Topliss-reactive ketones (excluding diaryl/α,β-unsaturated/α-hetero) is 1. The quantitative estimate of drug-likeness (QED) is 0.558. The van der Waals surface area contributed by atoms with Gasteiger partial charge in [0, 0.05) is 6.42 Å². The van der Waals surface area contributed by atoms with Crippen LogP contribution in [-0.4, -0.2) is 5.78 Å². The summed E-state index contributed by atoms with van der Waals surface area (Å²) in [5.41, 5.74) is 2.47. The molecule has 0 bridgehead atoms. The molecule has 0 aromatic heterocycles. The molecule has 13 heavy (non-hydrogen) atoms. The van der Waals surface area contributed by atoms with Crippen molar-refractivity contribution in [1.82, 2.24) is 0 Å². The van der Waals surface area contributed by atoms with Crippen LogP contribution in [0.4, 0.5) is 0 Å². The Kier molecular flexibility index (Phi) is 2.18. The van der Waals surface area contributed by atoms with E-state index in [-0.39, 0.29) is 10.8 Å². The largest absolute Gasteiger partial charge is 0.295 e. The van der Waals surface area contributed by atoms with E-state index in [1.165, 1.54) is 5.57 Å². The lowest BCUT2D eigenvalue weighted by Gasteiger charge is -2.46. The summed E-state index contributed by atoms with van der Waals surface area (Å²) in [6, 6.07) is 0. The Labute approximate surface area is 81.2 Å². The van der Waals surface area contributed by atoms with Gasteiger partial charge in [-0.05, 0) is 30.3 Å². The number of carbonyl (C=O) groups is 1. The van der Waals surface area contributed by atoms with Crippen molar-refractivity contribution < 1.29 is 4.79 Å². The summed E-state index contributed by atoms with van der Waals surface area (Å²) in [5.74, 6) is 0.321. The molecule has 0 fully saturated rings. The summed E-state index contributed by atoms with van der Waals surface area (Å²) in [7, 11) is 0. The van der Waals surface area contributed by atoms with Crippen molar-refractivity contribution in [3.63, 3.8) is 0 Å². The third kappa shape index (κ3) is 1.34. The minimum Gasteiger partial charge on any atom is -0.295 e. The molecule has 0 saturated heterocycles. The van der Waals surface area contributed by atoms with Gasteiger partial charge in [-0.3, -0.25) is 4.79 Å². The van der Waals surface area contributed by atoms with Gasteiger partial charge in [0.1, 0.15) is 0 Å². The summed E-state index contributed by atoms with van der Waals surface area (Å²) < 4.78 is 0. The number of carbonyl (C=O) groups excluding carboxylic acids is 1.